The molecular weight excluding hydrogens is 504 g/mol. The van der Waals surface area contributed by atoms with Crippen LogP contribution in [0.3, 0.4) is 0 Å². The summed E-state index contributed by atoms with van der Waals surface area (Å²) >= 11 is 0. The number of carboxylic acid groups (broad SMARTS) is 1. The van der Waals surface area contributed by atoms with Crippen LogP contribution in [-0.4, -0.2) is 61.3 Å². The molecule has 1 unspecified atom stereocenters. The molecule has 0 spiro atoms. The van der Waals surface area contributed by atoms with E-state index in [1.54, 1.807) is 10.8 Å². The van der Waals surface area contributed by atoms with Crippen molar-refractivity contribution >= 4 is 22.9 Å². The summed E-state index contributed by atoms with van der Waals surface area (Å²) < 4.78 is 1.64. The first kappa shape index (κ1) is 26.0. The molecule has 40 heavy (non-hydrogen) atoms. The van der Waals surface area contributed by atoms with Crippen molar-refractivity contribution in [3.05, 3.63) is 76.0 Å². The summed E-state index contributed by atoms with van der Waals surface area (Å²) in [5, 5.41) is 10.4. The van der Waals surface area contributed by atoms with E-state index in [1.807, 2.05) is 38.1 Å². The maximum absolute atomic E-state index is 14.0. The molecule has 206 valence electrons. The zero-order chi connectivity index (χ0) is 28.1. The van der Waals surface area contributed by atoms with Crippen molar-refractivity contribution < 1.29 is 9.90 Å². The Morgan fingerprint density at radius 1 is 1.07 bits per heavy atom. The number of nitrogens with zero attached hydrogens (tertiary/aromatic N) is 6. The molecule has 1 saturated carbocycles. The smallest absolute Gasteiger partial charge is 0.407 e. The number of rotatable bonds is 5. The summed E-state index contributed by atoms with van der Waals surface area (Å²) in [6.07, 6.45) is 3.05. The SMILES string of the molecule is Cc1ccnc(C(C)C)c1-n1c(=O)nc(N2CCN(C(=O)O)CC2C)c2cc(C3CC3)c(-c3ccccc3)nc21. The summed E-state index contributed by atoms with van der Waals surface area (Å²) in [4.78, 5) is 43.8. The zero-order valence-electron chi connectivity index (χ0n) is 23.3. The fourth-order valence-corrected chi connectivity index (χ4v) is 5.83. The van der Waals surface area contributed by atoms with Crippen LogP contribution in [0, 0.1) is 6.92 Å². The molecule has 1 aliphatic heterocycles. The minimum Gasteiger partial charge on any atom is -0.465 e. The number of hydrogen-bond acceptors (Lipinski definition) is 6. The van der Waals surface area contributed by atoms with E-state index in [0.29, 0.717) is 37.0 Å². The number of aryl methyl sites for hydroxylation is 1. The van der Waals surface area contributed by atoms with E-state index in [1.165, 1.54) is 4.90 Å². The lowest BCUT2D eigenvalue weighted by molar-refractivity contribution is 0.136. The van der Waals surface area contributed by atoms with Crippen LogP contribution in [0.1, 0.15) is 62.3 Å². The molecule has 4 aromatic rings. The maximum Gasteiger partial charge on any atom is 0.407 e. The standard InChI is InChI=1S/C31H34N6O3/c1-18(2)25-27(19(3)12-13-32-25)37-29-24(16-23(21-10-11-21)26(33-29)22-8-6-5-7-9-22)28(34-30(37)38)36-15-14-35(31(39)40)17-20(36)4/h5-9,12-13,16,18,20-21H,10-11,14-15,17H2,1-4H3,(H,39,40). The first-order valence-electron chi connectivity index (χ1n) is 14.0. The van der Waals surface area contributed by atoms with Gasteiger partial charge in [0.1, 0.15) is 5.82 Å². The molecule has 3 aromatic heterocycles. The molecule has 1 atom stereocenters. The molecule has 9 heteroatoms. The van der Waals surface area contributed by atoms with Crippen molar-refractivity contribution in [2.45, 2.75) is 58.4 Å². The summed E-state index contributed by atoms with van der Waals surface area (Å²) in [6.45, 7) is 9.22. The Kier molecular flexibility index (Phi) is 6.52. The van der Waals surface area contributed by atoms with E-state index in [2.05, 4.69) is 46.9 Å². The molecule has 2 fully saturated rings. The Balaban J connectivity index is 1.67. The highest BCUT2D eigenvalue weighted by Gasteiger charge is 2.33. The molecule has 0 radical (unpaired) electrons. The highest BCUT2D eigenvalue weighted by molar-refractivity contribution is 5.92. The lowest BCUT2D eigenvalue weighted by atomic mass is 10.00. The average molecular weight is 539 g/mol. The van der Waals surface area contributed by atoms with Crippen molar-refractivity contribution in [1.29, 1.82) is 0 Å². The molecule has 1 N–H and O–H groups in total. The van der Waals surface area contributed by atoms with Gasteiger partial charge in [0.2, 0.25) is 0 Å². The van der Waals surface area contributed by atoms with Gasteiger partial charge in [0.05, 0.1) is 22.5 Å². The Morgan fingerprint density at radius 2 is 1.82 bits per heavy atom. The largest absolute Gasteiger partial charge is 0.465 e. The fourth-order valence-electron chi connectivity index (χ4n) is 5.83. The Hall–Kier alpha value is -4.27. The first-order chi connectivity index (χ1) is 19.2. The predicted octanol–water partition coefficient (Wildman–Crippen LogP) is 5.34. The molecule has 6 rings (SSSR count). The second kappa shape index (κ2) is 10.0. The number of pyridine rings is 2. The van der Waals surface area contributed by atoms with Gasteiger partial charge >= 0.3 is 11.8 Å². The number of carbonyl (C=O) groups is 1. The molecule has 1 aliphatic carbocycles. The summed E-state index contributed by atoms with van der Waals surface area (Å²) in [6, 6.07) is 14.1. The van der Waals surface area contributed by atoms with Crippen LogP contribution in [0.15, 0.2) is 53.5 Å². The van der Waals surface area contributed by atoms with Crippen LogP contribution in [0.2, 0.25) is 0 Å². The topological polar surface area (TPSA) is 104 Å². The fraction of sp³-hybridized carbons (Fsp3) is 0.387. The minimum absolute atomic E-state index is 0.0833. The summed E-state index contributed by atoms with van der Waals surface area (Å²) in [5.74, 6) is 1.06. The molecule has 0 bridgehead atoms. The van der Waals surface area contributed by atoms with Gasteiger partial charge in [0.15, 0.2) is 5.65 Å². The monoisotopic (exact) mass is 538 g/mol. The van der Waals surface area contributed by atoms with Gasteiger partial charge in [-0.15, -0.1) is 0 Å². The molecule has 2 aliphatic rings. The minimum atomic E-state index is -0.932. The normalized spacial score (nSPS) is 17.6. The molecular formula is C31H34N6O3. The lowest BCUT2D eigenvalue weighted by Crippen LogP contribution is -2.54. The number of hydrogen-bond donors (Lipinski definition) is 1. The number of anilines is 1. The van der Waals surface area contributed by atoms with Crippen LogP contribution in [-0.2, 0) is 0 Å². The molecule has 1 saturated heterocycles. The predicted molar refractivity (Wildman–Crippen MR) is 156 cm³/mol. The van der Waals surface area contributed by atoms with Crippen LogP contribution in [0.4, 0.5) is 10.6 Å². The van der Waals surface area contributed by atoms with Gasteiger partial charge in [-0.2, -0.15) is 4.98 Å². The Morgan fingerprint density at radius 3 is 2.48 bits per heavy atom. The molecule has 9 nitrogen and oxygen atoms in total. The van der Waals surface area contributed by atoms with Gasteiger partial charge in [-0.05, 0) is 61.8 Å². The zero-order valence-corrected chi connectivity index (χ0v) is 23.3. The molecule has 1 amide bonds. The van der Waals surface area contributed by atoms with Crippen molar-refractivity contribution in [2.75, 3.05) is 24.5 Å². The third-order valence-electron chi connectivity index (χ3n) is 8.04. The van der Waals surface area contributed by atoms with Gasteiger partial charge in [-0.1, -0.05) is 44.2 Å². The Labute approximate surface area is 233 Å². The number of fused-ring (bicyclic) bond motifs is 1. The van der Waals surface area contributed by atoms with E-state index in [4.69, 9.17) is 4.98 Å². The molecule has 1 aromatic carbocycles. The van der Waals surface area contributed by atoms with Crippen molar-refractivity contribution in [3.8, 4) is 16.9 Å². The van der Waals surface area contributed by atoms with Gasteiger partial charge in [-0.25, -0.2) is 19.1 Å². The summed E-state index contributed by atoms with van der Waals surface area (Å²) in [7, 11) is 0. The number of aromatic nitrogens is 4. The lowest BCUT2D eigenvalue weighted by Gasteiger charge is -2.39. The van der Waals surface area contributed by atoms with Crippen LogP contribution in [0.5, 0.6) is 0 Å². The highest BCUT2D eigenvalue weighted by Crippen LogP contribution is 2.45. The highest BCUT2D eigenvalue weighted by atomic mass is 16.4. The third kappa shape index (κ3) is 4.49. The van der Waals surface area contributed by atoms with E-state index >= 15 is 0 Å². The number of piperazine rings is 1. The average Bonchev–Trinajstić information content (AvgIpc) is 3.78. The third-order valence-corrected chi connectivity index (χ3v) is 8.04. The van der Waals surface area contributed by atoms with E-state index in [9.17, 15) is 14.7 Å². The van der Waals surface area contributed by atoms with Crippen molar-refractivity contribution in [3.63, 3.8) is 0 Å². The van der Waals surface area contributed by atoms with Crippen LogP contribution >= 0.6 is 0 Å². The van der Waals surface area contributed by atoms with E-state index < -0.39 is 11.8 Å². The van der Waals surface area contributed by atoms with Crippen molar-refractivity contribution in [2.24, 2.45) is 0 Å². The Bertz CT molecular complexity index is 1660. The van der Waals surface area contributed by atoms with Gasteiger partial charge < -0.3 is 14.9 Å². The van der Waals surface area contributed by atoms with E-state index in [0.717, 1.165) is 52.0 Å². The second-order valence-corrected chi connectivity index (χ2v) is 11.3. The van der Waals surface area contributed by atoms with Crippen LogP contribution in [0.25, 0.3) is 28.0 Å². The number of amides is 1. The van der Waals surface area contributed by atoms with Gasteiger partial charge in [0, 0.05) is 37.4 Å². The first-order valence-corrected chi connectivity index (χ1v) is 14.0. The summed E-state index contributed by atoms with van der Waals surface area (Å²) in [5.41, 5.74) is 5.65. The molecule has 4 heterocycles. The van der Waals surface area contributed by atoms with Gasteiger partial charge in [-0.3, -0.25) is 4.98 Å². The van der Waals surface area contributed by atoms with E-state index in [-0.39, 0.29) is 12.0 Å². The van der Waals surface area contributed by atoms with Crippen molar-refractivity contribution in [1.82, 2.24) is 24.4 Å². The second-order valence-electron chi connectivity index (χ2n) is 11.3. The van der Waals surface area contributed by atoms with Gasteiger partial charge in [0.25, 0.3) is 0 Å². The quantitative estimate of drug-likeness (QED) is 0.366. The van der Waals surface area contributed by atoms with Crippen LogP contribution < -0.4 is 10.6 Å². The number of benzene rings is 1. The maximum atomic E-state index is 14.0.